The number of aromatic nitrogens is 2. The molecule has 0 radical (unpaired) electrons. The topological polar surface area (TPSA) is 33.4 Å². The smallest absolute Gasteiger partial charge is 0.160 e. The van der Waals surface area contributed by atoms with E-state index in [0.29, 0.717) is 12.1 Å². The molecule has 0 aromatic carbocycles. The van der Waals surface area contributed by atoms with Crippen LogP contribution in [0.3, 0.4) is 0 Å². The Hall–Kier alpha value is -1.75. The third kappa shape index (κ3) is 3.00. The lowest BCUT2D eigenvalue weighted by Gasteiger charge is -2.34. The van der Waals surface area contributed by atoms with Crippen molar-refractivity contribution in [2.24, 2.45) is 4.99 Å². The van der Waals surface area contributed by atoms with Gasteiger partial charge in [-0.05, 0) is 43.5 Å². The fourth-order valence-electron chi connectivity index (χ4n) is 5.02. The zero-order chi connectivity index (χ0) is 18.2. The average molecular weight is 381 g/mol. The summed E-state index contributed by atoms with van der Waals surface area (Å²) < 4.78 is 2.58. The van der Waals surface area contributed by atoms with Crippen molar-refractivity contribution in [1.82, 2.24) is 14.5 Å². The normalized spacial score (nSPS) is 28.4. The van der Waals surface area contributed by atoms with Gasteiger partial charge in [-0.15, -0.1) is 0 Å². The molecule has 0 N–H and O–H groups in total. The van der Waals surface area contributed by atoms with Crippen LogP contribution in [0.1, 0.15) is 75.0 Å². The Morgan fingerprint density at radius 3 is 2.78 bits per heavy atom. The van der Waals surface area contributed by atoms with Gasteiger partial charge in [0, 0.05) is 35.9 Å². The van der Waals surface area contributed by atoms with Gasteiger partial charge in [-0.25, -0.2) is 0 Å². The molecule has 2 fully saturated rings. The predicted octanol–water partition coefficient (Wildman–Crippen LogP) is 5.37. The van der Waals surface area contributed by atoms with Gasteiger partial charge in [0.1, 0.15) is 6.04 Å². The molecule has 142 valence electrons. The van der Waals surface area contributed by atoms with Gasteiger partial charge in [-0.3, -0.25) is 9.98 Å². The van der Waals surface area contributed by atoms with Crippen molar-refractivity contribution in [2.45, 2.75) is 69.6 Å². The maximum absolute atomic E-state index is 5.17. The van der Waals surface area contributed by atoms with Crippen LogP contribution < -0.4 is 0 Å². The van der Waals surface area contributed by atoms with Gasteiger partial charge in [0.15, 0.2) is 5.17 Å². The molecule has 0 spiro atoms. The van der Waals surface area contributed by atoms with Gasteiger partial charge >= 0.3 is 0 Å². The minimum Gasteiger partial charge on any atom is -0.346 e. The van der Waals surface area contributed by atoms with Crippen molar-refractivity contribution >= 4 is 16.9 Å². The summed E-state index contributed by atoms with van der Waals surface area (Å²) >= 11 is 1.93. The lowest BCUT2D eigenvalue weighted by Crippen LogP contribution is -2.36. The van der Waals surface area contributed by atoms with E-state index < -0.39 is 0 Å². The number of pyridine rings is 1. The average Bonchev–Trinajstić information content (AvgIpc) is 3.44. The molecule has 1 saturated carbocycles. The summed E-state index contributed by atoms with van der Waals surface area (Å²) in [4.78, 5) is 12.5. The molecular weight excluding hydrogens is 352 g/mol. The van der Waals surface area contributed by atoms with Crippen molar-refractivity contribution in [2.75, 3.05) is 5.75 Å². The molecule has 5 heteroatoms. The van der Waals surface area contributed by atoms with Crippen LogP contribution in [0.15, 0.2) is 47.7 Å². The molecule has 1 saturated heterocycles. The predicted molar refractivity (Wildman–Crippen MR) is 112 cm³/mol. The Morgan fingerprint density at radius 2 is 2.00 bits per heavy atom. The maximum Gasteiger partial charge on any atom is 0.160 e. The summed E-state index contributed by atoms with van der Waals surface area (Å²) in [6, 6.07) is 12.4. The molecule has 2 aliphatic heterocycles. The monoisotopic (exact) mass is 380 g/mol. The van der Waals surface area contributed by atoms with Crippen LogP contribution in [-0.4, -0.2) is 31.4 Å². The fourth-order valence-corrected chi connectivity index (χ4v) is 6.36. The second kappa shape index (κ2) is 7.34. The Balaban J connectivity index is 1.56. The van der Waals surface area contributed by atoms with Crippen LogP contribution in [0.25, 0.3) is 0 Å². The SMILES string of the molecule is CC[C@H]1CSC2=N[C@H](c3ccccn3)[C@@H](c3cccn3C3CCCCC3)N21. The second-order valence-electron chi connectivity index (χ2n) is 7.97. The Kier molecular flexibility index (Phi) is 4.72. The highest BCUT2D eigenvalue weighted by atomic mass is 32.2. The lowest BCUT2D eigenvalue weighted by molar-refractivity contribution is 0.235. The van der Waals surface area contributed by atoms with Crippen LogP contribution in [0.5, 0.6) is 0 Å². The third-order valence-electron chi connectivity index (χ3n) is 6.41. The minimum atomic E-state index is 0.0975. The Morgan fingerprint density at radius 1 is 1.11 bits per heavy atom. The van der Waals surface area contributed by atoms with Crippen LogP contribution >= 0.6 is 11.8 Å². The summed E-state index contributed by atoms with van der Waals surface area (Å²) in [6.07, 6.45) is 12.1. The van der Waals surface area contributed by atoms with Crippen LogP contribution in [0, 0.1) is 0 Å². The van der Waals surface area contributed by atoms with E-state index in [2.05, 4.69) is 51.8 Å². The van der Waals surface area contributed by atoms with E-state index in [1.54, 1.807) is 0 Å². The number of amidine groups is 1. The summed E-state index contributed by atoms with van der Waals surface area (Å²) in [5.41, 5.74) is 2.52. The molecule has 5 rings (SSSR count). The van der Waals surface area contributed by atoms with Gasteiger partial charge in [0.25, 0.3) is 0 Å². The van der Waals surface area contributed by atoms with Gasteiger partial charge in [-0.2, -0.15) is 0 Å². The number of hydrogen-bond acceptors (Lipinski definition) is 4. The summed E-state index contributed by atoms with van der Waals surface area (Å²) in [5, 5.41) is 1.22. The molecule has 27 heavy (non-hydrogen) atoms. The molecule has 4 heterocycles. The molecule has 2 aromatic rings. The number of rotatable bonds is 4. The van der Waals surface area contributed by atoms with Crippen LogP contribution in [0.4, 0.5) is 0 Å². The fraction of sp³-hybridized carbons (Fsp3) is 0.545. The van der Waals surface area contributed by atoms with E-state index in [0.717, 1.165) is 11.4 Å². The van der Waals surface area contributed by atoms with Gasteiger partial charge in [0.2, 0.25) is 0 Å². The highest BCUT2D eigenvalue weighted by Gasteiger charge is 2.46. The van der Waals surface area contributed by atoms with Gasteiger partial charge < -0.3 is 9.47 Å². The summed E-state index contributed by atoms with van der Waals surface area (Å²) in [5.74, 6) is 1.16. The minimum absolute atomic E-state index is 0.0975. The van der Waals surface area contributed by atoms with Crippen molar-refractivity contribution in [1.29, 1.82) is 0 Å². The number of thioether (sulfide) groups is 1. The molecule has 3 aliphatic rings. The first kappa shape index (κ1) is 17.4. The number of aliphatic imine (C=N–C) groups is 1. The highest BCUT2D eigenvalue weighted by molar-refractivity contribution is 8.14. The molecule has 1 aliphatic carbocycles. The highest BCUT2D eigenvalue weighted by Crippen LogP contribution is 2.49. The zero-order valence-electron chi connectivity index (χ0n) is 16.0. The Labute approximate surface area is 166 Å². The van der Waals surface area contributed by atoms with Crippen molar-refractivity contribution in [3.05, 3.63) is 54.1 Å². The quantitative estimate of drug-likeness (QED) is 0.715. The van der Waals surface area contributed by atoms with Gasteiger partial charge in [0.05, 0.1) is 11.7 Å². The van der Waals surface area contributed by atoms with Crippen molar-refractivity contribution in [3.8, 4) is 0 Å². The largest absolute Gasteiger partial charge is 0.346 e. The maximum atomic E-state index is 5.17. The van der Waals surface area contributed by atoms with Gasteiger partial charge in [-0.1, -0.05) is 44.0 Å². The number of hydrogen-bond donors (Lipinski definition) is 0. The van der Waals surface area contributed by atoms with E-state index in [4.69, 9.17) is 4.99 Å². The lowest BCUT2D eigenvalue weighted by atomic mass is 9.94. The molecule has 3 atom stereocenters. The number of nitrogens with zero attached hydrogens (tertiary/aromatic N) is 4. The molecular formula is C22H28N4S. The first-order chi connectivity index (χ1) is 13.4. The standard InChI is InChI=1S/C22H28N4S/c1-2-16-15-27-22-24-20(18-11-6-7-13-23-18)21(26(16)22)19-12-8-14-25(19)17-9-4-3-5-10-17/h6-8,11-14,16-17,20-21H,2-5,9-10,15H2,1H3/t16-,20+,21+/m0/s1. The molecule has 2 aromatic heterocycles. The molecule has 0 bridgehead atoms. The zero-order valence-corrected chi connectivity index (χ0v) is 16.8. The second-order valence-corrected chi connectivity index (χ2v) is 8.96. The number of fused-ring (bicyclic) bond motifs is 1. The van der Waals surface area contributed by atoms with Crippen molar-refractivity contribution < 1.29 is 0 Å². The van der Waals surface area contributed by atoms with E-state index in [1.165, 1.54) is 49.4 Å². The molecule has 4 nitrogen and oxygen atoms in total. The molecule has 0 amide bonds. The van der Waals surface area contributed by atoms with E-state index >= 15 is 0 Å². The van der Waals surface area contributed by atoms with E-state index in [-0.39, 0.29) is 12.1 Å². The first-order valence-corrected chi connectivity index (χ1v) is 11.4. The summed E-state index contributed by atoms with van der Waals surface area (Å²) in [7, 11) is 0. The van der Waals surface area contributed by atoms with E-state index in [1.807, 2.05) is 24.0 Å². The summed E-state index contributed by atoms with van der Waals surface area (Å²) in [6.45, 7) is 2.31. The first-order valence-electron chi connectivity index (χ1n) is 10.4. The van der Waals surface area contributed by atoms with Crippen LogP contribution in [-0.2, 0) is 0 Å². The Bertz CT molecular complexity index is 809. The molecule has 0 unspecified atom stereocenters. The van der Waals surface area contributed by atoms with E-state index in [9.17, 15) is 0 Å². The third-order valence-corrected chi connectivity index (χ3v) is 7.54. The van der Waals surface area contributed by atoms with Crippen LogP contribution in [0.2, 0.25) is 0 Å². The van der Waals surface area contributed by atoms with Crippen molar-refractivity contribution in [3.63, 3.8) is 0 Å².